The van der Waals surface area contributed by atoms with Gasteiger partial charge in [-0.2, -0.15) is 0 Å². The molecule has 0 saturated carbocycles. The van der Waals surface area contributed by atoms with Gasteiger partial charge in [-0.25, -0.2) is 0 Å². The molecular weight excluding hydrogens is 314 g/mol. The van der Waals surface area contributed by atoms with Gasteiger partial charge in [0.1, 0.15) is 11.5 Å². The summed E-state index contributed by atoms with van der Waals surface area (Å²) in [6.45, 7) is 2.03. The van der Waals surface area contributed by atoms with Crippen LogP contribution in [0.5, 0.6) is 11.5 Å². The highest BCUT2D eigenvalue weighted by Crippen LogP contribution is 2.46. The van der Waals surface area contributed by atoms with Gasteiger partial charge in [0.15, 0.2) is 0 Å². The van der Waals surface area contributed by atoms with Gasteiger partial charge in [0.2, 0.25) is 0 Å². The Bertz CT molecular complexity index is 884. The number of nitro benzene ring substituents is 1. The standard InChI is InChI=1S/C17H15NO4S/c1-10-15-13(21-2)8-9-14(22-3)17(15)23-16(10)11-4-6-12(7-5-11)18(19)20/h4-9H,1-3H3. The van der Waals surface area contributed by atoms with Crippen LogP contribution in [-0.2, 0) is 0 Å². The Labute approximate surface area is 137 Å². The van der Waals surface area contributed by atoms with Gasteiger partial charge in [-0.1, -0.05) is 0 Å². The summed E-state index contributed by atoms with van der Waals surface area (Å²) in [5.74, 6) is 1.59. The number of nitrogens with zero attached hydrogens (tertiary/aromatic N) is 1. The van der Waals surface area contributed by atoms with Crippen LogP contribution in [-0.4, -0.2) is 19.1 Å². The average Bonchev–Trinajstić information content (AvgIpc) is 2.92. The van der Waals surface area contributed by atoms with Crippen molar-refractivity contribution in [2.24, 2.45) is 0 Å². The van der Waals surface area contributed by atoms with Crippen LogP contribution in [0.2, 0.25) is 0 Å². The molecule has 3 aromatic rings. The van der Waals surface area contributed by atoms with E-state index in [0.717, 1.165) is 37.6 Å². The first-order chi connectivity index (χ1) is 11.1. The van der Waals surface area contributed by atoms with Crippen LogP contribution in [0.1, 0.15) is 5.56 Å². The fourth-order valence-corrected chi connectivity index (χ4v) is 3.96. The molecule has 0 fully saturated rings. The highest BCUT2D eigenvalue weighted by Gasteiger charge is 2.18. The molecule has 0 aliphatic carbocycles. The number of rotatable bonds is 4. The third-order valence-electron chi connectivity index (χ3n) is 3.78. The van der Waals surface area contributed by atoms with Crippen molar-refractivity contribution in [1.82, 2.24) is 0 Å². The molecule has 0 atom stereocenters. The molecule has 3 rings (SSSR count). The van der Waals surface area contributed by atoms with Crippen molar-refractivity contribution in [3.05, 3.63) is 52.1 Å². The summed E-state index contributed by atoms with van der Waals surface area (Å²) in [4.78, 5) is 11.5. The lowest BCUT2D eigenvalue weighted by atomic mass is 10.1. The van der Waals surface area contributed by atoms with Gasteiger partial charge in [-0.15, -0.1) is 11.3 Å². The minimum absolute atomic E-state index is 0.0858. The first kappa shape index (κ1) is 15.3. The monoisotopic (exact) mass is 329 g/mol. The highest BCUT2D eigenvalue weighted by atomic mass is 32.1. The van der Waals surface area contributed by atoms with Crippen molar-refractivity contribution in [3.63, 3.8) is 0 Å². The predicted molar refractivity (Wildman–Crippen MR) is 91.8 cm³/mol. The Hall–Kier alpha value is -2.60. The number of nitro groups is 1. The number of thiophene rings is 1. The van der Waals surface area contributed by atoms with Crippen LogP contribution in [0, 0.1) is 17.0 Å². The van der Waals surface area contributed by atoms with Crippen molar-refractivity contribution in [2.75, 3.05) is 14.2 Å². The largest absolute Gasteiger partial charge is 0.496 e. The van der Waals surface area contributed by atoms with Crippen molar-refractivity contribution in [1.29, 1.82) is 0 Å². The number of hydrogen-bond donors (Lipinski definition) is 0. The van der Waals surface area contributed by atoms with Gasteiger partial charge in [-0.3, -0.25) is 10.1 Å². The van der Waals surface area contributed by atoms with E-state index in [1.807, 2.05) is 19.1 Å². The molecule has 6 heteroatoms. The molecule has 23 heavy (non-hydrogen) atoms. The molecular formula is C17H15NO4S. The van der Waals surface area contributed by atoms with Crippen LogP contribution in [0.4, 0.5) is 5.69 Å². The fraction of sp³-hybridized carbons (Fsp3) is 0.176. The Morgan fingerprint density at radius 3 is 2.17 bits per heavy atom. The van der Waals surface area contributed by atoms with Gasteiger partial charge < -0.3 is 9.47 Å². The van der Waals surface area contributed by atoms with Crippen molar-refractivity contribution >= 4 is 27.1 Å². The number of non-ortho nitro benzene ring substituents is 1. The van der Waals surface area contributed by atoms with E-state index < -0.39 is 4.92 Å². The first-order valence-electron chi connectivity index (χ1n) is 6.95. The highest BCUT2D eigenvalue weighted by molar-refractivity contribution is 7.23. The van der Waals surface area contributed by atoms with Gasteiger partial charge in [-0.05, 0) is 42.3 Å². The lowest BCUT2D eigenvalue weighted by Gasteiger charge is -2.06. The Morgan fingerprint density at radius 1 is 1.00 bits per heavy atom. The SMILES string of the molecule is COc1ccc(OC)c2c(C)c(-c3ccc([N+](=O)[O-])cc3)sc12. The molecule has 1 aromatic heterocycles. The van der Waals surface area contributed by atoms with Crippen molar-refractivity contribution in [3.8, 4) is 21.9 Å². The van der Waals surface area contributed by atoms with Crippen molar-refractivity contribution in [2.45, 2.75) is 6.92 Å². The Morgan fingerprint density at radius 2 is 1.61 bits per heavy atom. The third kappa shape index (κ3) is 2.51. The lowest BCUT2D eigenvalue weighted by Crippen LogP contribution is -1.88. The molecule has 0 radical (unpaired) electrons. The summed E-state index contributed by atoms with van der Waals surface area (Å²) >= 11 is 1.60. The van der Waals surface area contributed by atoms with E-state index in [4.69, 9.17) is 9.47 Å². The van der Waals surface area contributed by atoms with Crippen LogP contribution in [0.3, 0.4) is 0 Å². The van der Waals surface area contributed by atoms with Gasteiger partial charge in [0.05, 0.1) is 23.8 Å². The number of benzene rings is 2. The number of ether oxygens (including phenoxy) is 2. The van der Waals surface area contributed by atoms with Crippen LogP contribution in [0.25, 0.3) is 20.5 Å². The number of methoxy groups -OCH3 is 2. The zero-order valence-corrected chi connectivity index (χ0v) is 13.8. The van der Waals surface area contributed by atoms with E-state index in [1.165, 1.54) is 12.1 Å². The van der Waals surface area contributed by atoms with Gasteiger partial charge >= 0.3 is 0 Å². The van der Waals surface area contributed by atoms with Gasteiger partial charge in [0, 0.05) is 22.4 Å². The summed E-state index contributed by atoms with van der Waals surface area (Å²) < 4.78 is 11.9. The molecule has 118 valence electrons. The maximum atomic E-state index is 10.8. The molecule has 0 saturated heterocycles. The quantitative estimate of drug-likeness (QED) is 0.509. The molecule has 0 aliphatic rings. The molecule has 0 aliphatic heterocycles. The molecule has 5 nitrogen and oxygen atoms in total. The van der Waals surface area contributed by atoms with E-state index in [1.54, 1.807) is 37.7 Å². The summed E-state index contributed by atoms with van der Waals surface area (Å²) in [6.07, 6.45) is 0. The second-order valence-corrected chi connectivity index (χ2v) is 6.05. The van der Waals surface area contributed by atoms with E-state index >= 15 is 0 Å². The van der Waals surface area contributed by atoms with Crippen molar-refractivity contribution < 1.29 is 14.4 Å². The summed E-state index contributed by atoms with van der Waals surface area (Å²) in [5, 5.41) is 11.8. The number of hydrogen-bond acceptors (Lipinski definition) is 5. The van der Waals surface area contributed by atoms with Crippen LogP contribution < -0.4 is 9.47 Å². The van der Waals surface area contributed by atoms with E-state index in [0.29, 0.717) is 0 Å². The first-order valence-corrected chi connectivity index (χ1v) is 7.77. The second kappa shape index (κ2) is 5.89. The average molecular weight is 329 g/mol. The van der Waals surface area contributed by atoms with Gasteiger partial charge in [0.25, 0.3) is 5.69 Å². The van der Waals surface area contributed by atoms with Crippen LogP contribution >= 0.6 is 11.3 Å². The van der Waals surface area contributed by atoms with E-state index in [9.17, 15) is 10.1 Å². The van der Waals surface area contributed by atoms with Crippen LogP contribution in [0.15, 0.2) is 36.4 Å². The molecule has 0 bridgehead atoms. The zero-order chi connectivity index (χ0) is 16.6. The summed E-state index contributed by atoms with van der Waals surface area (Å²) in [7, 11) is 3.28. The topological polar surface area (TPSA) is 61.6 Å². The molecule has 0 unspecified atom stereocenters. The lowest BCUT2D eigenvalue weighted by molar-refractivity contribution is -0.384. The second-order valence-electron chi connectivity index (χ2n) is 5.03. The zero-order valence-electron chi connectivity index (χ0n) is 13.0. The maximum Gasteiger partial charge on any atom is 0.269 e. The number of aryl methyl sites for hydroxylation is 1. The molecule has 2 aromatic carbocycles. The Kier molecular flexibility index (Phi) is 3.92. The molecule has 1 heterocycles. The molecule has 0 N–H and O–H groups in total. The Balaban J connectivity index is 2.22. The van der Waals surface area contributed by atoms with E-state index in [2.05, 4.69) is 0 Å². The minimum atomic E-state index is -0.395. The minimum Gasteiger partial charge on any atom is -0.496 e. The third-order valence-corrected chi connectivity index (χ3v) is 5.14. The predicted octanol–water partition coefficient (Wildman–Crippen LogP) is 4.80. The normalized spacial score (nSPS) is 10.7. The maximum absolute atomic E-state index is 10.8. The smallest absolute Gasteiger partial charge is 0.269 e. The number of fused-ring (bicyclic) bond motifs is 1. The van der Waals surface area contributed by atoms with E-state index in [-0.39, 0.29) is 5.69 Å². The summed E-state index contributed by atoms with van der Waals surface area (Å²) in [5.41, 5.74) is 2.11. The molecule has 0 amide bonds. The fourth-order valence-electron chi connectivity index (χ4n) is 2.63. The molecule has 0 spiro atoms. The summed E-state index contributed by atoms with van der Waals surface area (Å²) in [6, 6.07) is 10.4.